The number of fused-ring (bicyclic) bond motifs is 1. The van der Waals surface area contributed by atoms with Gasteiger partial charge in [0, 0.05) is 42.9 Å². The molecule has 4 rings (SSSR count). The molecule has 0 spiro atoms. The van der Waals surface area contributed by atoms with Gasteiger partial charge in [0.25, 0.3) is 0 Å². The van der Waals surface area contributed by atoms with Gasteiger partial charge in [-0.1, -0.05) is 12.1 Å². The fourth-order valence-corrected chi connectivity index (χ4v) is 5.03. The highest BCUT2D eigenvalue weighted by molar-refractivity contribution is 7.99. The van der Waals surface area contributed by atoms with E-state index in [0.717, 1.165) is 30.2 Å². The summed E-state index contributed by atoms with van der Waals surface area (Å²) in [6.07, 6.45) is 0. The highest BCUT2D eigenvalue weighted by Gasteiger charge is 2.19. The molecule has 0 saturated carbocycles. The normalized spacial score (nSPS) is 17.0. The van der Waals surface area contributed by atoms with E-state index in [-0.39, 0.29) is 11.4 Å². The first kappa shape index (κ1) is 18.5. The number of sulfonamides is 1. The summed E-state index contributed by atoms with van der Waals surface area (Å²) in [5.41, 5.74) is 2.11. The van der Waals surface area contributed by atoms with E-state index in [4.69, 9.17) is 9.47 Å². The molecule has 2 aliphatic heterocycles. The van der Waals surface area contributed by atoms with Crippen LogP contribution in [-0.2, 0) is 16.6 Å². The van der Waals surface area contributed by atoms with E-state index in [9.17, 15) is 8.42 Å². The SMILES string of the molecule is O=S(=O)(NCc1ccc(N2CCSCC2)cc1)c1ccc2c(c1)OCCO2. The maximum atomic E-state index is 12.6. The van der Waals surface area contributed by atoms with Crippen molar-refractivity contribution >= 4 is 27.5 Å². The van der Waals surface area contributed by atoms with Gasteiger partial charge in [0.15, 0.2) is 11.5 Å². The quantitative estimate of drug-likeness (QED) is 0.823. The van der Waals surface area contributed by atoms with Crippen LogP contribution in [-0.4, -0.2) is 46.2 Å². The third kappa shape index (κ3) is 4.34. The van der Waals surface area contributed by atoms with Gasteiger partial charge < -0.3 is 14.4 Å². The van der Waals surface area contributed by atoms with Crippen LogP contribution in [0, 0.1) is 0 Å². The van der Waals surface area contributed by atoms with Crippen molar-refractivity contribution in [3.63, 3.8) is 0 Å². The first-order valence-electron chi connectivity index (χ1n) is 8.93. The molecule has 0 bridgehead atoms. The van der Waals surface area contributed by atoms with E-state index in [1.54, 1.807) is 6.07 Å². The second kappa shape index (κ2) is 8.00. The number of thioether (sulfide) groups is 1. The molecule has 2 aromatic carbocycles. The van der Waals surface area contributed by atoms with Crippen molar-refractivity contribution in [1.29, 1.82) is 0 Å². The minimum absolute atomic E-state index is 0.175. The van der Waals surface area contributed by atoms with Crippen molar-refractivity contribution in [3.8, 4) is 11.5 Å². The molecule has 2 aliphatic rings. The largest absolute Gasteiger partial charge is 0.486 e. The first-order valence-corrected chi connectivity index (χ1v) is 11.6. The first-order chi connectivity index (χ1) is 13.1. The molecular formula is C19H22N2O4S2. The Bertz CT molecular complexity index is 894. The summed E-state index contributed by atoms with van der Waals surface area (Å²) >= 11 is 1.98. The minimum atomic E-state index is -3.62. The molecule has 8 heteroatoms. The smallest absolute Gasteiger partial charge is 0.241 e. The average molecular weight is 407 g/mol. The third-order valence-electron chi connectivity index (χ3n) is 4.60. The zero-order valence-corrected chi connectivity index (χ0v) is 16.5. The van der Waals surface area contributed by atoms with Crippen LogP contribution in [0.2, 0.25) is 0 Å². The van der Waals surface area contributed by atoms with Crippen LogP contribution in [0.15, 0.2) is 47.4 Å². The van der Waals surface area contributed by atoms with E-state index in [2.05, 4.69) is 21.8 Å². The number of rotatable bonds is 5. The number of nitrogens with zero attached hydrogens (tertiary/aromatic N) is 1. The lowest BCUT2D eigenvalue weighted by atomic mass is 10.2. The topological polar surface area (TPSA) is 67.9 Å². The van der Waals surface area contributed by atoms with Crippen molar-refractivity contribution < 1.29 is 17.9 Å². The average Bonchev–Trinajstić information content (AvgIpc) is 2.73. The summed E-state index contributed by atoms with van der Waals surface area (Å²) in [7, 11) is -3.62. The van der Waals surface area contributed by atoms with Gasteiger partial charge in [-0.15, -0.1) is 0 Å². The Balaban J connectivity index is 1.41. The molecular weight excluding hydrogens is 384 g/mol. The van der Waals surface area contributed by atoms with Crippen LogP contribution in [0.5, 0.6) is 11.5 Å². The summed E-state index contributed by atoms with van der Waals surface area (Å²) in [6, 6.07) is 12.7. The summed E-state index contributed by atoms with van der Waals surface area (Å²) in [5.74, 6) is 3.34. The molecule has 0 unspecified atom stereocenters. The van der Waals surface area contributed by atoms with Gasteiger partial charge in [-0.2, -0.15) is 11.8 Å². The van der Waals surface area contributed by atoms with Crippen molar-refractivity contribution in [3.05, 3.63) is 48.0 Å². The maximum absolute atomic E-state index is 12.6. The number of benzene rings is 2. The van der Waals surface area contributed by atoms with Crippen LogP contribution in [0.25, 0.3) is 0 Å². The Morgan fingerprint density at radius 1 is 0.963 bits per heavy atom. The predicted molar refractivity (Wildman–Crippen MR) is 107 cm³/mol. The Morgan fingerprint density at radius 2 is 1.67 bits per heavy atom. The predicted octanol–water partition coefficient (Wildman–Crippen LogP) is 2.49. The van der Waals surface area contributed by atoms with Crippen LogP contribution < -0.4 is 19.1 Å². The van der Waals surface area contributed by atoms with E-state index in [1.807, 2.05) is 23.9 Å². The van der Waals surface area contributed by atoms with Crippen molar-refractivity contribution in [2.24, 2.45) is 0 Å². The molecule has 0 aromatic heterocycles. The lowest BCUT2D eigenvalue weighted by Crippen LogP contribution is -2.32. The molecule has 1 saturated heterocycles. The molecule has 27 heavy (non-hydrogen) atoms. The Morgan fingerprint density at radius 3 is 2.41 bits per heavy atom. The van der Waals surface area contributed by atoms with Gasteiger partial charge in [-0.25, -0.2) is 13.1 Å². The van der Waals surface area contributed by atoms with Crippen LogP contribution in [0.3, 0.4) is 0 Å². The molecule has 0 atom stereocenters. The molecule has 1 N–H and O–H groups in total. The van der Waals surface area contributed by atoms with Crippen LogP contribution in [0.1, 0.15) is 5.56 Å². The van der Waals surface area contributed by atoms with Crippen LogP contribution >= 0.6 is 11.8 Å². The third-order valence-corrected chi connectivity index (χ3v) is 6.94. The number of ether oxygens (including phenoxy) is 2. The Kier molecular flexibility index (Phi) is 5.47. The molecule has 0 amide bonds. The highest BCUT2D eigenvalue weighted by Crippen LogP contribution is 2.32. The fourth-order valence-electron chi connectivity index (χ4n) is 3.10. The van der Waals surface area contributed by atoms with E-state index in [0.29, 0.717) is 24.7 Å². The monoisotopic (exact) mass is 406 g/mol. The lowest BCUT2D eigenvalue weighted by Gasteiger charge is -2.28. The van der Waals surface area contributed by atoms with E-state index >= 15 is 0 Å². The van der Waals surface area contributed by atoms with Crippen molar-refractivity contribution in [1.82, 2.24) is 4.72 Å². The van der Waals surface area contributed by atoms with Gasteiger partial charge in [-0.3, -0.25) is 0 Å². The van der Waals surface area contributed by atoms with Gasteiger partial charge in [-0.05, 0) is 29.8 Å². The van der Waals surface area contributed by atoms with Crippen molar-refractivity contribution in [2.45, 2.75) is 11.4 Å². The standard InChI is InChI=1S/C19H22N2O4S2/c22-27(23,17-5-6-18-19(13-17)25-10-9-24-18)20-14-15-1-3-16(4-2-15)21-7-11-26-12-8-21/h1-6,13,20H,7-12,14H2. The van der Waals surface area contributed by atoms with E-state index in [1.165, 1.54) is 17.8 Å². The molecule has 6 nitrogen and oxygen atoms in total. The van der Waals surface area contributed by atoms with Gasteiger partial charge in [0.1, 0.15) is 13.2 Å². The second-order valence-electron chi connectivity index (χ2n) is 6.40. The zero-order valence-electron chi connectivity index (χ0n) is 14.9. The van der Waals surface area contributed by atoms with Gasteiger partial charge in [0.2, 0.25) is 10.0 Å². The zero-order chi connectivity index (χ0) is 18.7. The lowest BCUT2D eigenvalue weighted by molar-refractivity contribution is 0.171. The van der Waals surface area contributed by atoms with Gasteiger partial charge in [0.05, 0.1) is 4.90 Å². The number of anilines is 1. The molecule has 1 fully saturated rings. The summed E-state index contributed by atoms with van der Waals surface area (Å²) in [6.45, 7) is 3.25. The highest BCUT2D eigenvalue weighted by atomic mass is 32.2. The maximum Gasteiger partial charge on any atom is 0.241 e. The molecule has 0 radical (unpaired) electrons. The molecule has 2 aromatic rings. The summed E-state index contributed by atoms with van der Waals surface area (Å²) in [5, 5.41) is 0. The van der Waals surface area contributed by atoms with Gasteiger partial charge >= 0.3 is 0 Å². The number of nitrogens with one attached hydrogen (secondary N) is 1. The Labute approximate surface area is 163 Å². The van der Waals surface area contributed by atoms with Crippen molar-refractivity contribution in [2.75, 3.05) is 42.7 Å². The Hall–Kier alpha value is -1.90. The van der Waals surface area contributed by atoms with E-state index < -0.39 is 10.0 Å². The minimum Gasteiger partial charge on any atom is -0.486 e. The molecule has 2 heterocycles. The second-order valence-corrected chi connectivity index (χ2v) is 9.39. The number of hydrogen-bond donors (Lipinski definition) is 1. The number of hydrogen-bond acceptors (Lipinski definition) is 6. The van der Waals surface area contributed by atoms with Crippen LogP contribution in [0.4, 0.5) is 5.69 Å². The fraction of sp³-hybridized carbons (Fsp3) is 0.368. The molecule has 0 aliphatic carbocycles. The molecule has 144 valence electrons. The summed E-state index contributed by atoms with van der Waals surface area (Å²) in [4.78, 5) is 2.54. The summed E-state index contributed by atoms with van der Waals surface area (Å²) < 4.78 is 38.7.